The summed E-state index contributed by atoms with van der Waals surface area (Å²) < 4.78 is 16.0. The number of fused-ring (bicyclic) bond motifs is 1. The highest BCUT2D eigenvalue weighted by Crippen LogP contribution is 2.25. The molecule has 0 saturated heterocycles. The second-order valence-electron chi connectivity index (χ2n) is 6.85. The number of hydrogen-bond donors (Lipinski definition) is 1. The Morgan fingerprint density at radius 1 is 0.967 bits per heavy atom. The first-order valence-electron chi connectivity index (χ1n) is 9.89. The Balaban J connectivity index is 1.76. The van der Waals surface area contributed by atoms with Crippen molar-refractivity contribution < 1.29 is 19.0 Å². The van der Waals surface area contributed by atoms with Crippen LogP contribution in [-0.4, -0.2) is 46.5 Å². The predicted octanol–water partition coefficient (Wildman–Crippen LogP) is 4.32. The molecule has 3 aromatic carbocycles. The Labute approximate surface area is 177 Å². The van der Waals surface area contributed by atoms with Crippen LogP contribution in [0, 0.1) is 0 Å². The predicted molar refractivity (Wildman–Crippen MR) is 120 cm³/mol. The molecule has 5 heteroatoms. The van der Waals surface area contributed by atoms with Crippen molar-refractivity contribution in [1.82, 2.24) is 5.32 Å². The molecule has 0 bridgehead atoms. The van der Waals surface area contributed by atoms with Crippen molar-refractivity contribution in [1.29, 1.82) is 0 Å². The molecule has 0 unspecified atom stereocenters. The van der Waals surface area contributed by atoms with Gasteiger partial charge < -0.3 is 19.5 Å². The zero-order valence-electron chi connectivity index (χ0n) is 17.4. The standard InChI is InChI=1S/C25H27NO4/c1-28-15-14-26-17-20(16-19-10-12-22(13-11-19)25(27)29-2)18-30-24-9-5-7-21-6-3-4-8-23(21)24/h3-13,16,26H,14-15,17-18H2,1-2H3/b20-16+. The summed E-state index contributed by atoms with van der Waals surface area (Å²) >= 11 is 0. The van der Waals surface area contributed by atoms with Crippen LogP contribution in [-0.2, 0) is 9.47 Å². The molecule has 0 aromatic heterocycles. The molecule has 0 heterocycles. The largest absolute Gasteiger partial charge is 0.489 e. The summed E-state index contributed by atoms with van der Waals surface area (Å²) in [5, 5.41) is 5.61. The maximum atomic E-state index is 11.6. The lowest BCUT2D eigenvalue weighted by Crippen LogP contribution is -2.23. The van der Waals surface area contributed by atoms with Crippen LogP contribution >= 0.6 is 0 Å². The molecule has 0 amide bonds. The lowest BCUT2D eigenvalue weighted by Gasteiger charge is -2.13. The number of methoxy groups -OCH3 is 2. The molecule has 0 aliphatic carbocycles. The van der Waals surface area contributed by atoms with Crippen molar-refractivity contribution in [2.24, 2.45) is 0 Å². The third kappa shape index (κ3) is 5.92. The number of benzene rings is 3. The van der Waals surface area contributed by atoms with Crippen LogP contribution in [0.25, 0.3) is 16.8 Å². The van der Waals surface area contributed by atoms with Crippen molar-refractivity contribution in [2.45, 2.75) is 0 Å². The quantitative estimate of drug-likeness (QED) is 0.402. The highest BCUT2D eigenvalue weighted by molar-refractivity contribution is 5.89. The van der Waals surface area contributed by atoms with E-state index in [1.807, 2.05) is 36.4 Å². The van der Waals surface area contributed by atoms with Gasteiger partial charge in [0, 0.05) is 25.6 Å². The number of ether oxygens (including phenoxy) is 3. The van der Waals surface area contributed by atoms with Gasteiger partial charge in [0.25, 0.3) is 0 Å². The lowest BCUT2D eigenvalue weighted by molar-refractivity contribution is 0.0600. The zero-order chi connectivity index (χ0) is 21.2. The highest BCUT2D eigenvalue weighted by atomic mass is 16.5. The Morgan fingerprint density at radius 2 is 1.73 bits per heavy atom. The SMILES string of the molecule is COCCNC/C(=C\c1ccc(C(=O)OC)cc1)COc1cccc2ccccc12. The number of nitrogens with one attached hydrogen (secondary N) is 1. The minimum Gasteiger partial charge on any atom is -0.489 e. The van der Waals surface area contributed by atoms with E-state index in [-0.39, 0.29) is 5.97 Å². The van der Waals surface area contributed by atoms with Crippen molar-refractivity contribution in [3.05, 3.63) is 83.4 Å². The van der Waals surface area contributed by atoms with Gasteiger partial charge in [-0.05, 0) is 34.7 Å². The van der Waals surface area contributed by atoms with Gasteiger partial charge >= 0.3 is 5.97 Å². The molecule has 0 radical (unpaired) electrons. The fourth-order valence-electron chi connectivity index (χ4n) is 3.13. The number of carbonyl (C=O) groups is 1. The third-order valence-electron chi connectivity index (χ3n) is 4.70. The monoisotopic (exact) mass is 405 g/mol. The third-order valence-corrected chi connectivity index (χ3v) is 4.70. The first-order valence-corrected chi connectivity index (χ1v) is 9.89. The maximum Gasteiger partial charge on any atom is 0.337 e. The van der Waals surface area contributed by atoms with Crippen LogP contribution in [0.15, 0.2) is 72.3 Å². The van der Waals surface area contributed by atoms with Gasteiger partial charge in [-0.2, -0.15) is 0 Å². The molecular weight excluding hydrogens is 378 g/mol. The Bertz CT molecular complexity index is 990. The minimum absolute atomic E-state index is 0.341. The summed E-state index contributed by atoms with van der Waals surface area (Å²) in [5.74, 6) is 0.517. The van der Waals surface area contributed by atoms with Gasteiger partial charge in [-0.1, -0.05) is 54.6 Å². The summed E-state index contributed by atoms with van der Waals surface area (Å²) in [6, 6.07) is 21.6. The maximum absolute atomic E-state index is 11.6. The van der Waals surface area contributed by atoms with Crippen LogP contribution < -0.4 is 10.1 Å². The van der Waals surface area contributed by atoms with Gasteiger partial charge in [-0.25, -0.2) is 4.79 Å². The van der Waals surface area contributed by atoms with Gasteiger partial charge in [-0.3, -0.25) is 0 Å². The molecule has 1 N–H and O–H groups in total. The molecule has 0 saturated carbocycles. The second kappa shape index (κ2) is 11.1. The Hall–Kier alpha value is -3.15. The summed E-state index contributed by atoms with van der Waals surface area (Å²) in [7, 11) is 3.06. The highest BCUT2D eigenvalue weighted by Gasteiger charge is 2.06. The molecule has 5 nitrogen and oxygen atoms in total. The van der Waals surface area contributed by atoms with Crippen LogP contribution in [0.4, 0.5) is 0 Å². The molecule has 3 aromatic rings. The summed E-state index contributed by atoms with van der Waals surface area (Å²) in [6.45, 7) is 2.52. The smallest absolute Gasteiger partial charge is 0.337 e. The van der Waals surface area contributed by atoms with Crippen LogP contribution in [0.3, 0.4) is 0 Å². The molecule has 0 atom stereocenters. The Morgan fingerprint density at radius 3 is 2.50 bits per heavy atom. The van der Waals surface area contributed by atoms with E-state index in [0.717, 1.165) is 34.2 Å². The number of rotatable bonds is 10. The normalized spacial score (nSPS) is 11.5. The van der Waals surface area contributed by atoms with E-state index in [0.29, 0.717) is 25.3 Å². The topological polar surface area (TPSA) is 56.8 Å². The number of esters is 1. The van der Waals surface area contributed by atoms with E-state index in [4.69, 9.17) is 14.2 Å². The Kier molecular flexibility index (Phi) is 8.01. The van der Waals surface area contributed by atoms with Crippen LogP contribution in [0.2, 0.25) is 0 Å². The van der Waals surface area contributed by atoms with Gasteiger partial charge in [0.15, 0.2) is 0 Å². The number of hydrogen-bond acceptors (Lipinski definition) is 5. The molecule has 30 heavy (non-hydrogen) atoms. The molecule has 0 spiro atoms. The minimum atomic E-state index is -0.341. The fourth-order valence-corrected chi connectivity index (χ4v) is 3.13. The fraction of sp³-hybridized carbons (Fsp3) is 0.240. The van der Waals surface area contributed by atoms with Crippen LogP contribution in [0.1, 0.15) is 15.9 Å². The van der Waals surface area contributed by atoms with Gasteiger partial charge in [-0.15, -0.1) is 0 Å². The van der Waals surface area contributed by atoms with Crippen LogP contribution in [0.5, 0.6) is 5.75 Å². The first-order chi connectivity index (χ1) is 14.7. The van der Waals surface area contributed by atoms with E-state index >= 15 is 0 Å². The van der Waals surface area contributed by atoms with Crippen molar-refractivity contribution in [3.8, 4) is 5.75 Å². The number of carbonyl (C=O) groups excluding carboxylic acids is 1. The average Bonchev–Trinajstić information content (AvgIpc) is 2.80. The van der Waals surface area contributed by atoms with Crippen molar-refractivity contribution >= 4 is 22.8 Å². The van der Waals surface area contributed by atoms with E-state index < -0.39 is 0 Å². The summed E-state index contributed by atoms with van der Waals surface area (Å²) in [5.41, 5.74) is 2.61. The van der Waals surface area contributed by atoms with Gasteiger partial charge in [0.2, 0.25) is 0 Å². The first kappa shape index (κ1) is 21.6. The molecule has 0 aliphatic rings. The molecule has 0 aliphatic heterocycles. The molecule has 3 rings (SSSR count). The van der Waals surface area contributed by atoms with E-state index in [2.05, 4.69) is 29.6 Å². The van der Waals surface area contributed by atoms with Gasteiger partial charge in [0.1, 0.15) is 12.4 Å². The summed E-state index contributed by atoms with van der Waals surface area (Å²) in [4.78, 5) is 11.6. The van der Waals surface area contributed by atoms with Gasteiger partial charge in [0.05, 0.1) is 19.3 Å². The van der Waals surface area contributed by atoms with Crippen molar-refractivity contribution in [3.63, 3.8) is 0 Å². The lowest BCUT2D eigenvalue weighted by atomic mass is 10.1. The zero-order valence-corrected chi connectivity index (χ0v) is 17.4. The van der Waals surface area contributed by atoms with Crippen molar-refractivity contribution in [2.75, 3.05) is 40.5 Å². The van der Waals surface area contributed by atoms with E-state index in [9.17, 15) is 4.79 Å². The second-order valence-corrected chi connectivity index (χ2v) is 6.85. The molecule has 156 valence electrons. The van der Waals surface area contributed by atoms with E-state index in [1.165, 1.54) is 7.11 Å². The molecule has 0 fully saturated rings. The summed E-state index contributed by atoms with van der Waals surface area (Å²) in [6.07, 6.45) is 2.08. The molecular formula is C25H27NO4. The average molecular weight is 405 g/mol. The van der Waals surface area contributed by atoms with E-state index in [1.54, 1.807) is 19.2 Å².